The highest BCUT2D eigenvalue weighted by atomic mass is 79.9. The van der Waals surface area contributed by atoms with E-state index in [4.69, 9.17) is 10.1 Å². The van der Waals surface area contributed by atoms with Crippen molar-refractivity contribution in [2.45, 2.75) is 43.5 Å². The van der Waals surface area contributed by atoms with Crippen molar-refractivity contribution in [1.29, 1.82) is 0 Å². The summed E-state index contributed by atoms with van der Waals surface area (Å²) in [6, 6.07) is 31.8. The van der Waals surface area contributed by atoms with Crippen molar-refractivity contribution in [2.75, 3.05) is 0 Å². The third kappa shape index (κ3) is 4.29. The lowest BCUT2D eigenvalue weighted by Gasteiger charge is -2.35. The topological polar surface area (TPSA) is 30.7 Å². The van der Waals surface area contributed by atoms with Gasteiger partial charge in [-0.3, -0.25) is 0 Å². The van der Waals surface area contributed by atoms with Crippen LogP contribution in [-0.4, -0.2) is 14.8 Å². The van der Waals surface area contributed by atoms with Gasteiger partial charge in [0, 0.05) is 0 Å². The predicted molar refractivity (Wildman–Crippen MR) is 135 cm³/mol. The Morgan fingerprint density at radius 2 is 1.19 bits per heavy atom. The summed E-state index contributed by atoms with van der Waals surface area (Å²) < 4.78 is 2.05. The van der Waals surface area contributed by atoms with E-state index in [-0.39, 0.29) is 4.83 Å². The van der Waals surface area contributed by atoms with Gasteiger partial charge in [-0.2, -0.15) is 5.10 Å². The first-order valence-electron chi connectivity index (χ1n) is 11.4. The van der Waals surface area contributed by atoms with Crippen LogP contribution in [0.15, 0.2) is 97.3 Å². The number of aromatic nitrogens is 3. The van der Waals surface area contributed by atoms with Gasteiger partial charge in [-0.1, -0.05) is 134 Å². The van der Waals surface area contributed by atoms with Gasteiger partial charge in [-0.15, -0.1) is 0 Å². The monoisotopic (exact) mass is 487 g/mol. The molecule has 0 fully saturated rings. The minimum Gasteiger partial charge on any atom is -0.233 e. The van der Waals surface area contributed by atoms with Gasteiger partial charge in [-0.05, 0) is 29.0 Å². The molecule has 0 aliphatic rings. The van der Waals surface area contributed by atoms with Crippen LogP contribution in [0.25, 0.3) is 0 Å². The lowest BCUT2D eigenvalue weighted by atomic mass is 9.77. The minimum absolute atomic E-state index is 0.133. The lowest BCUT2D eigenvalue weighted by molar-refractivity contribution is 0.436. The van der Waals surface area contributed by atoms with E-state index >= 15 is 0 Å². The zero-order valence-electron chi connectivity index (χ0n) is 18.7. The Kier molecular flexibility index (Phi) is 7.21. The SMILES string of the molecule is CCC(CC)CC(Br)c1ncn(C(c2ccccc2)(c2ccccc2)c2ccccc2)n1. The van der Waals surface area contributed by atoms with E-state index in [0.717, 1.165) is 28.9 Å². The quantitative estimate of drug-likeness (QED) is 0.182. The number of rotatable bonds is 9. The number of benzene rings is 3. The maximum absolute atomic E-state index is 5.09. The van der Waals surface area contributed by atoms with Gasteiger partial charge in [0.1, 0.15) is 11.9 Å². The average molecular weight is 488 g/mol. The molecule has 4 rings (SSSR count). The van der Waals surface area contributed by atoms with Crippen molar-refractivity contribution < 1.29 is 0 Å². The van der Waals surface area contributed by atoms with Gasteiger partial charge in [0.2, 0.25) is 0 Å². The third-order valence-electron chi connectivity index (χ3n) is 6.40. The summed E-state index contributed by atoms with van der Waals surface area (Å²) >= 11 is 3.88. The molecule has 0 radical (unpaired) electrons. The Hall–Kier alpha value is -2.72. The van der Waals surface area contributed by atoms with Crippen molar-refractivity contribution in [3.8, 4) is 0 Å². The highest BCUT2D eigenvalue weighted by molar-refractivity contribution is 9.09. The van der Waals surface area contributed by atoms with Crippen LogP contribution in [-0.2, 0) is 5.54 Å². The van der Waals surface area contributed by atoms with Gasteiger partial charge in [0.05, 0.1) is 4.83 Å². The molecule has 3 nitrogen and oxygen atoms in total. The van der Waals surface area contributed by atoms with E-state index < -0.39 is 5.54 Å². The number of halogens is 1. The van der Waals surface area contributed by atoms with Crippen LogP contribution in [0.2, 0.25) is 0 Å². The van der Waals surface area contributed by atoms with Crippen LogP contribution in [0.1, 0.15) is 60.5 Å². The van der Waals surface area contributed by atoms with E-state index in [0.29, 0.717) is 5.92 Å². The van der Waals surface area contributed by atoms with E-state index in [2.05, 4.69) is 121 Å². The zero-order chi connectivity index (χ0) is 22.4. The molecule has 0 bridgehead atoms. The number of hydrogen-bond acceptors (Lipinski definition) is 2. The van der Waals surface area contributed by atoms with Crippen LogP contribution >= 0.6 is 15.9 Å². The van der Waals surface area contributed by atoms with Crippen molar-refractivity contribution in [3.05, 3.63) is 120 Å². The fraction of sp³-hybridized carbons (Fsp3) is 0.286. The molecule has 1 atom stereocenters. The Balaban J connectivity index is 1.91. The first-order chi connectivity index (χ1) is 15.7. The number of nitrogens with zero attached hydrogens (tertiary/aromatic N) is 3. The van der Waals surface area contributed by atoms with Crippen molar-refractivity contribution >= 4 is 15.9 Å². The molecule has 3 aromatic carbocycles. The molecule has 0 saturated carbocycles. The van der Waals surface area contributed by atoms with E-state index in [1.165, 1.54) is 12.8 Å². The normalized spacial score (nSPS) is 12.8. The smallest absolute Gasteiger partial charge is 0.164 e. The molecule has 1 unspecified atom stereocenters. The minimum atomic E-state index is -0.614. The summed E-state index contributed by atoms with van der Waals surface area (Å²) in [6.07, 6.45) is 5.26. The molecule has 0 aliphatic heterocycles. The second-order valence-corrected chi connectivity index (χ2v) is 9.35. The summed E-state index contributed by atoms with van der Waals surface area (Å²) in [5.41, 5.74) is 2.84. The number of alkyl halides is 1. The molecule has 32 heavy (non-hydrogen) atoms. The Morgan fingerprint density at radius 1 is 0.750 bits per heavy atom. The summed E-state index contributed by atoms with van der Waals surface area (Å²) in [5.74, 6) is 1.50. The van der Waals surface area contributed by atoms with Crippen LogP contribution in [0.3, 0.4) is 0 Å². The molecule has 0 amide bonds. The average Bonchev–Trinajstić information content (AvgIpc) is 3.36. The van der Waals surface area contributed by atoms with E-state index in [1.807, 2.05) is 11.0 Å². The highest BCUT2D eigenvalue weighted by Gasteiger charge is 2.40. The van der Waals surface area contributed by atoms with Crippen molar-refractivity contribution in [2.24, 2.45) is 5.92 Å². The van der Waals surface area contributed by atoms with Gasteiger partial charge in [0.15, 0.2) is 5.82 Å². The molecule has 0 spiro atoms. The fourth-order valence-electron chi connectivity index (χ4n) is 4.54. The molecule has 0 aliphatic carbocycles. The molecular formula is C28H30BrN3. The molecule has 164 valence electrons. The zero-order valence-corrected chi connectivity index (χ0v) is 20.3. The standard InChI is InChI=1S/C28H30BrN3/c1-3-22(4-2)20-26(29)27-30-21-32(31-27)28(23-14-8-5-9-15-23,24-16-10-6-11-17-24)25-18-12-7-13-19-25/h5-19,21-22,26H,3-4,20H2,1-2H3. The fourth-order valence-corrected chi connectivity index (χ4v) is 5.27. The van der Waals surface area contributed by atoms with E-state index in [9.17, 15) is 0 Å². The molecule has 4 aromatic rings. The summed E-state index contributed by atoms with van der Waals surface area (Å²) in [5, 5.41) is 5.09. The maximum Gasteiger partial charge on any atom is 0.164 e. The van der Waals surface area contributed by atoms with Gasteiger partial charge in [0.25, 0.3) is 0 Å². The van der Waals surface area contributed by atoms with Crippen LogP contribution < -0.4 is 0 Å². The molecule has 0 saturated heterocycles. The molecule has 0 N–H and O–H groups in total. The van der Waals surface area contributed by atoms with Gasteiger partial charge < -0.3 is 0 Å². The molecular weight excluding hydrogens is 458 g/mol. The number of hydrogen-bond donors (Lipinski definition) is 0. The Morgan fingerprint density at radius 3 is 1.59 bits per heavy atom. The van der Waals surface area contributed by atoms with Gasteiger partial charge in [-0.25, -0.2) is 9.67 Å². The van der Waals surface area contributed by atoms with Gasteiger partial charge >= 0.3 is 0 Å². The van der Waals surface area contributed by atoms with Crippen LogP contribution in [0.5, 0.6) is 0 Å². The molecule has 1 heterocycles. The highest BCUT2D eigenvalue weighted by Crippen LogP contribution is 2.41. The van der Waals surface area contributed by atoms with Crippen molar-refractivity contribution in [1.82, 2.24) is 14.8 Å². The Bertz CT molecular complexity index is 993. The maximum atomic E-state index is 5.09. The van der Waals surface area contributed by atoms with Crippen LogP contribution in [0.4, 0.5) is 0 Å². The lowest BCUT2D eigenvalue weighted by Crippen LogP contribution is -2.38. The Labute approximate surface area is 199 Å². The first-order valence-corrected chi connectivity index (χ1v) is 12.3. The van der Waals surface area contributed by atoms with E-state index in [1.54, 1.807) is 0 Å². The summed E-state index contributed by atoms with van der Waals surface area (Å²) in [6.45, 7) is 4.51. The first kappa shape index (κ1) is 22.5. The van der Waals surface area contributed by atoms with Crippen LogP contribution in [0, 0.1) is 5.92 Å². The molecule has 1 aromatic heterocycles. The largest absolute Gasteiger partial charge is 0.233 e. The molecule has 4 heteroatoms. The van der Waals surface area contributed by atoms with Crippen molar-refractivity contribution in [3.63, 3.8) is 0 Å². The summed E-state index contributed by atoms with van der Waals surface area (Å²) in [4.78, 5) is 4.92. The summed E-state index contributed by atoms with van der Waals surface area (Å²) in [7, 11) is 0. The second-order valence-electron chi connectivity index (χ2n) is 8.24. The third-order valence-corrected chi connectivity index (χ3v) is 7.19. The predicted octanol–water partition coefficient (Wildman–Crippen LogP) is 7.38. The second kappa shape index (κ2) is 10.3.